The average molecular weight is 480 g/mol. The van der Waals surface area contributed by atoms with Gasteiger partial charge in [-0.3, -0.25) is 9.59 Å². The molecule has 3 heterocycles. The minimum Gasteiger partial charge on any atom is -0.486 e. The van der Waals surface area contributed by atoms with Crippen molar-refractivity contribution >= 4 is 11.7 Å². The number of rotatable bonds is 8. The summed E-state index contributed by atoms with van der Waals surface area (Å²) in [6, 6.07) is 5.48. The van der Waals surface area contributed by atoms with E-state index < -0.39 is 29.2 Å². The molecule has 1 unspecified atom stereocenters. The maximum Gasteiger partial charge on any atom is 0.425 e. The second-order valence-electron chi connectivity index (χ2n) is 7.57. The quantitative estimate of drug-likeness (QED) is 0.565. The van der Waals surface area contributed by atoms with Gasteiger partial charge in [0.15, 0.2) is 11.3 Å². The molecular weight excluding hydrogens is 457 g/mol. The SMILES string of the molecule is CC(COCCC(=O)N1CCN(c2ccc(C#N)cn2)CC1)Oc1cn[nH]c(=O)c1C(F)(F)F. The van der Waals surface area contributed by atoms with Crippen LogP contribution < -0.4 is 15.2 Å². The van der Waals surface area contributed by atoms with Gasteiger partial charge in [-0.1, -0.05) is 0 Å². The average Bonchev–Trinajstić information content (AvgIpc) is 2.81. The summed E-state index contributed by atoms with van der Waals surface area (Å²) >= 11 is 0. The highest BCUT2D eigenvalue weighted by Gasteiger charge is 2.38. The third-order valence-electron chi connectivity index (χ3n) is 5.08. The maximum atomic E-state index is 13.1. The molecule has 1 saturated heterocycles. The summed E-state index contributed by atoms with van der Waals surface area (Å²) in [4.78, 5) is 31.9. The standard InChI is InChI=1S/C21H23F3N6O4/c1-14(34-16-12-27-28-20(32)19(16)21(22,23)24)13-33-9-4-18(31)30-7-5-29(6-8-30)17-3-2-15(10-25)11-26-17/h2-3,11-12,14H,4-9,13H2,1H3,(H,28,32). The fourth-order valence-electron chi connectivity index (χ4n) is 3.38. The highest BCUT2D eigenvalue weighted by Crippen LogP contribution is 2.33. The summed E-state index contributed by atoms with van der Waals surface area (Å²) in [5.41, 5.74) is -2.37. The molecule has 1 atom stereocenters. The molecule has 1 aliphatic rings. The van der Waals surface area contributed by atoms with Gasteiger partial charge in [0.2, 0.25) is 5.91 Å². The Kier molecular flexibility index (Phi) is 8.06. The topological polar surface area (TPSA) is 124 Å². The van der Waals surface area contributed by atoms with Crippen LogP contribution in [0.15, 0.2) is 29.3 Å². The largest absolute Gasteiger partial charge is 0.486 e. The number of hydrogen-bond donors (Lipinski definition) is 1. The van der Waals surface area contributed by atoms with Crippen molar-refractivity contribution in [2.45, 2.75) is 25.6 Å². The zero-order valence-electron chi connectivity index (χ0n) is 18.3. The number of pyridine rings is 1. The lowest BCUT2D eigenvalue weighted by Gasteiger charge is -2.35. The number of anilines is 1. The number of carbonyl (C=O) groups excluding carboxylic acids is 1. The molecule has 2 aromatic rings. The molecule has 0 bridgehead atoms. The maximum absolute atomic E-state index is 13.1. The Balaban J connectivity index is 1.39. The van der Waals surface area contributed by atoms with Gasteiger partial charge in [-0.15, -0.1) is 0 Å². The number of carbonyl (C=O) groups is 1. The normalized spacial score (nSPS) is 15.0. The number of H-pyrrole nitrogens is 1. The lowest BCUT2D eigenvalue weighted by molar-refractivity contribution is -0.141. The number of alkyl halides is 3. The first kappa shape index (κ1) is 25.0. The molecular formula is C21H23F3N6O4. The van der Waals surface area contributed by atoms with Crippen LogP contribution in [-0.2, 0) is 15.7 Å². The molecule has 1 fully saturated rings. The van der Waals surface area contributed by atoms with Gasteiger partial charge in [-0.25, -0.2) is 10.1 Å². The smallest absolute Gasteiger partial charge is 0.425 e. The molecule has 3 rings (SSSR count). The van der Waals surface area contributed by atoms with E-state index in [0.717, 1.165) is 12.0 Å². The van der Waals surface area contributed by atoms with Crippen LogP contribution in [0.1, 0.15) is 24.5 Å². The Bertz CT molecular complexity index is 1080. The van der Waals surface area contributed by atoms with Crippen LogP contribution >= 0.6 is 0 Å². The fraction of sp³-hybridized carbons (Fsp3) is 0.476. The second kappa shape index (κ2) is 11.0. The van der Waals surface area contributed by atoms with E-state index in [-0.39, 0.29) is 25.5 Å². The number of ether oxygens (including phenoxy) is 2. The molecule has 182 valence electrons. The van der Waals surface area contributed by atoms with Crippen LogP contribution in [0.25, 0.3) is 0 Å². The monoisotopic (exact) mass is 480 g/mol. The number of nitrogens with zero attached hydrogens (tertiary/aromatic N) is 5. The summed E-state index contributed by atoms with van der Waals surface area (Å²) in [6.45, 7) is 3.70. The van der Waals surface area contributed by atoms with Crippen LogP contribution in [0, 0.1) is 11.3 Å². The van der Waals surface area contributed by atoms with Crippen molar-refractivity contribution in [2.24, 2.45) is 0 Å². The van der Waals surface area contributed by atoms with E-state index >= 15 is 0 Å². The molecule has 2 aromatic heterocycles. The molecule has 0 saturated carbocycles. The van der Waals surface area contributed by atoms with E-state index in [2.05, 4.69) is 10.1 Å². The molecule has 13 heteroatoms. The summed E-state index contributed by atoms with van der Waals surface area (Å²) in [7, 11) is 0. The number of aromatic nitrogens is 3. The molecule has 1 N–H and O–H groups in total. The van der Waals surface area contributed by atoms with E-state index in [9.17, 15) is 22.8 Å². The zero-order chi connectivity index (χ0) is 24.7. The van der Waals surface area contributed by atoms with E-state index in [4.69, 9.17) is 14.7 Å². The molecule has 34 heavy (non-hydrogen) atoms. The first-order valence-electron chi connectivity index (χ1n) is 10.5. The molecule has 1 aliphatic heterocycles. The van der Waals surface area contributed by atoms with Crippen LogP contribution in [0.4, 0.5) is 19.0 Å². The number of nitriles is 1. The van der Waals surface area contributed by atoms with E-state index in [0.29, 0.717) is 31.7 Å². The molecule has 1 amide bonds. The van der Waals surface area contributed by atoms with Gasteiger partial charge < -0.3 is 19.3 Å². The van der Waals surface area contributed by atoms with Crippen LogP contribution in [0.2, 0.25) is 0 Å². The first-order chi connectivity index (χ1) is 16.2. The van der Waals surface area contributed by atoms with Crippen molar-refractivity contribution in [3.05, 3.63) is 46.0 Å². The number of hydrogen-bond acceptors (Lipinski definition) is 8. The van der Waals surface area contributed by atoms with Crippen molar-refractivity contribution in [3.8, 4) is 11.8 Å². The molecule has 10 nitrogen and oxygen atoms in total. The van der Waals surface area contributed by atoms with Crippen molar-refractivity contribution in [3.63, 3.8) is 0 Å². The van der Waals surface area contributed by atoms with Crippen LogP contribution in [0.3, 0.4) is 0 Å². The van der Waals surface area contributed by atoms with Crippen LogP contribution in [-0.4, -0.2) is 71.5 Å². The lowest BCUT2D eigenvalue weighted by Crippen LogP contribution is -2.49. The van der Waals surface area contributed by atoms with Crippen LogP contribution in [0.5, 0.6) is 5.75 Å². The summed E-state index contributed by atoms with van der Waals surface area (Å²) < 4.78 is 49.8. The predicted molar refractivity (Wildman–Crippen MR) is 113 cm³/mol. The van der Waals surface area contributed by atoms with Gasteiger partial charge in [-0.2, -0.15) is 23.5 Å². The highest BCUT2D eigenvalue weighted by atomic mass is 19.4. The van der Waals surface area contributed by atoms with Gasteiger partial charge in [-0.05, 0) is 19.1 Å². The molecule has 0 radical (unpaired) electrons. The highest BCUT2D eigenvalue weighted by molar-refractivity contribution is 5.76. The number of piperazine rings is 1. The van der Waals surface area contributed by atoms with Gasteiger partial charge in [0, 0.05) is 32.4 Å². The van der Waals surface area contributed by atoms with Crippen molar-refractivity contribution in [1.82, 2.24) is 20.1 Å². The second-order valence-corrected chi connectivity index (χ2v) is 7.57. The predicted octanol–water partition coefficient (Wildman–Crippen LogP) is 1.58. The Labute approximate surface area is 192 Å². The van der Waals surface area contributed by atoms with E-state index in [1.165, 1.54) is 13.1 Å². The summed E-state index contributed by atoms with van der Waals surface area (Å²) in [6.07, 6.45) is -3.28. The van der Waals surface area contributed by atoms with Gasteiger partial charge in [0.25, 0.3) is 5.56 Å². The van der Waals surface area contributed by atoms with Crippen molar-refractivity contribution < 1.29 is 27.4 Å². The molecule has 0 spiro atoms. The van der Waals surface area contributed by atoms with Crippen molar-refractivity contribution in [2.75, 3.05) is 44.3 Å². The van der Waals surface area contributed by atoms with Gasteiger partial charge >= 0.3 is 6.18 Å². The molecule has 0 aliphatic carbocycles. The number of halogens is 3. The Morgan fingerprint density at radius 2 is 2.00 bits per heavy atom. The number of nitrogens with one attached hydrogen (secondary N) is 1. The van der Waals surface area contributed by atoms with Gasteiger partial charge in [0.05, 0.1) is 31.4 Å². The van der Waals surface area contributed by atoms with Crippen molar-refractivity contribution in [1.29, 1.82) is 5.26 Å². The first-order valence-corrected chi connectivity index (χ1v) is 10.5. The van der Waals surface area contributed by atoms with E-state index in [1.54, 1.807) is 22.1 Å². The minimum atomic E-state index is -4.89. The van der Waals surface area contributed by atoms with Gasteiger partial charge in [0.1, 0.15) is 18.0 Å². The Morgan fingerprint density at radius 3 is 2.62 bits per heavy atom. The van der Waals surface area contributed by atoms with E-state index in [1.807, 2.05) is 11.0 Å². The molecule has 0 aromatic carbocycles. The Morgan fingerprint density at radius 1 is 1.26 bits per heavy atom. The Hall–Kier alpha value is -3.66. The number of amides is 1. The lowest BCUT2D eigenvalue weighted by atomic mass is 10.2. The number of aromatic amines is 1. The summed E-state index contributed by atoms with van der Waals surface area (Å²) in [5, 5.41) is 13.9. The third-order valence-corrected chi connectivity index (χ3v) is 5.08. The minimum absolute atomic E-state index is 0.0731. The zero-order valence-corrected chi connectivity index (χ0v) is 18.3. The third kappa shape index (κ3) is 6.44. The summed E-state index contributed by atoms with van der Waals surface area (Å²) in [5.74, 6) is -0.0371. The fourth-order valence-corrected chi connectivity index (χ4v) is 3.38.